The third-order valence-corrected chi connectivity index (χ3v) is 7.28. The standard InChI is InChI=1S/C33H34ClNO3/c1-23-13-15-24(16-14-23)20-35-27-17-18-30-28(19-27)31(36-21-25-9-5-4-6-10-25)32(33(2,3)38-30)37-22-26-11-7-8-12-29(26)34/h4-19,31-32,35H,20-22H2,1-3H3. The molecule has 0 aromatic heterocycles. The average molecular weight is 528 g/mol. The zero-order valence-electron chi connectivity index (χ0n) is 22.1. The van der Waals surface area contributed by atoms with E-state index in [1.165, 1.54) is 11.1 Å². The first-order valence-electron chi connectivity index (χ1n) is 13.0. The summed E-state index contributed by atoms with van der Waals surface area (Å²) in [6, 6.07) is 32.7. The molecule has 0 saturated carbocycles. The molecular weight excluding hydrogens is 494 g/mol. The lowest BCUT2D eigenvalue weighted by Crippen LogP contribution is -2.50. The van der Waals surface area contributed by atoms with E-state index in [2.05, 4.69) is 74.6 Å². The normalized spacial score (nSPS) is 17.9. The molecule has 38 heavy (non-hydrogen) atoms. The van der Waals surface area contributed by atoms with Crippen LogP contribution in [0.3, 0.4) is 0 Å². The van der Waals surface area contributed by atoms with Crippen LogP contribution in [0.15, 0.2) is 97.1 Å². The SMILES string of the molecule is Cc1ccc(CNc2ccc3c(c2)C(OCc2ccccc2)C(OCc2ccccc2Cl)C(C)(C)O3)cc1. The number of halogens is 1. The Balaban J connectivity index is 1.42. The molecule has 1 N–H and O–H groups in total. The van der Waals surface area contributed by atoms with Gasteiger partial charge in [-0.05, 0) is 61.7 Å². The Labute approximate surface area is 230 Å². The van der Waals surface area contributed by atoms with E-state index in [4.69, 9.17) is 25.8 Å². The number of aryl methyl sites for hydroxylation is 1. The summed E-state index contributed by atoms with van der Waals surface area (Å²) in [7, 11) is 0. The van der Waals surface area contributed by atoms with Gasteiger partial charge in [-0.25, -0.2) is 0 Å². The smallest absolute Gasteiger partial charge is 0.132 e. The molecule has 1 heterocycles. The number of rotatable bonds is 9. The highest BCUT2D eigenvalue weighted by Crippen LogP contribution is 2.45. The molecule has 0 aliphatic carbocycles. The van der Waals surface area contributed by atoms with Gasteiger partial charge in [0.25, 0.3) is 0 Å². The summed E-state index contributed by atoms with van der Waals surface area (Å²) in [5.74, 6) is 0.812. The average Bonchev–Trinajstić information content (AvgIpc) is 2.92. The van der Waals surface area contributed by atoms with Crippen molar-refractivity contribution in [2.24, 2.45) is 0 Å². The van der Waals surface area contributed by atoms with Gasteiger partial charge >= 0.3 is 0 Å². The van der Waals surface area contributed by atoms with E-state index in [0.29, 0.717) is 18.2 Å². The van der Waals surface area contributed by atoms with Crippen LogP contribution in [0.4, 0.5) is 5.69 Å². The summed E-state index contributed by atoms with van der Waals surface area (Å²) in [4.78, 5) is 0. The maximum Gasteiger partial charge on any atom is 0.132 e. The molecule has 2 unspecified atom stereocenters. The van der Waals surface area contributed by atoms with Crippen molar-refractivity contribution in [1.29, 1.82) is 0 Å². The minimum absolute atomic E-state index is 0.336. The summed E-state index contributed by atoms with van der Waals surface area (Å²) in [6.45, 7) is 7.76. The Kier molecular flexibility index (Phi) is 8.04. The zero-order valence-corrected chi connectivity index (χ0v) is 22.9. The van der Waals surface area contributed by atoms with Crippen LogP contribution in [0.2, 0.25) is 5.02 Å². The second kappa shape index (κ2) is 11.6. The van der Waals surface area contributed by atoms with Gasteiger partial charge in [-0.15, -0.1) is 0 Å². The van der Waals surface area contributed by atoms with Crippen LogP contribution in [0.25, 0.3) is 0 Å². The minimum atomic E-state index is -0.619. The minimum Gasteiger partial charge on any atom is -0.485 e. The Morgan fingerprint density at radius 1 is 0.816 bits per heavy atom. The van der Waals surface area contributed by atoms with Crippen LogP contribution >= 0.6 is 11.6 Å². The van der Waals surface area contributed by atoms with E-state index in [0.717, 1.165) is 34.7 Å². The van der Waals surface area contributed by atoms with Gasteiger partial charge in [0.15, 0.2) is 0 Å². The largest absolute Gasteiger partial charge is 0.485 e. The predicted molar refractivity (Wildman–Crippen MR) is 154 cm³/mol. The van der Waals surface area contributed by atoms with E-state index >= 15 is 0 Å². The Hall–Kier alpha value is -3.31. The fourth-order valence-corrected chi connectivity index (χ4v) is 4.96. The van der Waals surface area contributed by atoms with Crippen LogP contribution in [0.1, 0.15) is 47.8 Å². The summed E-state index contributed by atoms with van der Waals surface area (Å²) in [5.41, 5.74) is 5.88. The third kappa shape index (κ3) is 6.21. The number of hydrogen-bond donors (Lipinski definition) is 1. The lowest BCUT2D eigenvalue weighted by molar-refractivity contribution is -0.170. The van der Waals surface area contributed by atoms with Gasteiger partial charge in [0.1, 0.15) is 23.6 Å². The van der Waals surface area contributed by atoms with E-state index in [1.54, 1.807) is 0 Å². The molecule has 5 heteroatoms. The molecular formula is C33H34ClNO3. The first-order chi connectivity index (χ1) is 18.4. The van der Waals surface area contributed by atoms with Gasteiger partial charge in [0.05, 0.1) is 13.2 Å². The second-order valence-corrected chi connectivity index (χ2v) is 10.7. The number of anilines is 1. The molecule has 0 amide bonds. The molecule has 4 nitrogen and oxygen atoms in total. The van der Waals surface area contributed by atoms with Crippen molar-refractivity contribution < 1.29 is 14.2 Å². The number of benzene rings is 4. The monoisotopic (exact) mass is 527 g/mol. The van der Waals surface area contributed by atoms with Gasteiger partial charge in [0, 0.05) is 22.8 Å². The lowest BCUT2D eigenvalue weighted by Gasteiger charge is -2.44. The highest BCUT2D eigenvalue weighted by Gasteiger charge is 2.45. The number of hydrogen-bond acceptors (Lipinski definition) is 4. The quantitative estimate of drug-likeness (QED) is 0.238. The molecule has 0 radical (unpaired) electrons. The van der Waals surface area contributed by atoms with Crippen LogP contribution < -0.4 is 10.1 Å². The van der Waals surface area contributed by atoms with Gasteiger partial charge < -0.3 is 19.5 Å². The zero-order chi connectivity index (χ0) is 26.5. The summed E-state index contributed by atoms with van der Waals surface area (Å²) >= 11 is 6.44. The molecule has 1 aliphatic rings. The highest BCUT2D eigenvalue weighted by molar-refractivity contribution is 6.31. The first-order valence-corrected chi connectivity index (χ1v) is 13.4. The van der Waals surface area contributed by atoms with Crippen LogP contribution in [0, 0.1) is 6.92 Å². The molecule has 2 atom stereocenters. The Morgan fingerprint density at radius 3 is 2.32 bits per heavy atom. The van der Waals surface area contributed by atoms with Gasteiger partial charge in [-0.1, -0.05) is 90.0 Å². The lowest BCUT2D eigenvalue weighted by atomic mass is 9.87. The molecule has 4 aromatic carbocycles. The summed E-state index contributed by atoms with van der Waals surface area (Å²) in [5, 5.41) is 4.24. The van der Waals surface area contributed by atoms with Crippen molar-refractivity contribution in [3.05, 3.63) is 130 Å². The molecule has 196 valence electrons. The topological polar surface area (TPSA) is 39.7 Å². The molecule has 4 aromatic rings. The van der Waals surface area contributed by atoms with E-state index < -0.39 is 5.60 Å². The van der Waals surface area contributed by atoms with Gasteiger partial charge in [-0.3, -0.25) is 0 Å². The van der Waals surface area contributed by atoms with Crippen molar-refractivity contribution in [2.45, 2.75) is 58.3 Å². The fraction of sp³-hybridized carbons (Fsp3) is 0.273. The second-order valence-electron chi connectivity index (χ2n) is 10.3. The maximum absolute atomic E-state index is 6.63. The molecule has 5 rings (SSSR count). The van der Waals surface area contributed by atoms with E-state index in [-0.39, 0.29) is 12.2 Å². The number of nitrogens with one attached hydrogen (secondary N) is 1. The molecule has 0 bridgehead atoms. The first kappa shape index (κ1) is 26.3. The molecule has 0 fully saturated rings. The number of fused-ring (bicyclic) bond motifs is 1. The maximum atomic E-state index is 6.63. The van der Waals surface area contributed by atoms with Gasteiger partial charge in [-0.2, -0.15) is 0 Å². The molecule has 1 aliphatic heterocycles. The molecule has 0 spiro atoms. The van der Waals surface area contributed by atoms with Crippen LogP contribution in [0.5, 0.6) is 5.75 Å². The van der Waals surface area contributed by atoms with Crippen molar-refractivity contribution in [1.82, 2.24) is 0 Å². The fourth-order valence-electron chi connectivity index (χ4n) is 4.77. The van der Waals surface area contributed by atoms with Crippen LogP contribution in [-0.2, 0) is 29.2 Å². The van der Waals surface area contributed by atoms with Crippen molar-refractivity contribution in [3.63, 3.8) is 0 Å². The van der Waals surface area contributed by atoms with Crippen molar-refractivity contribution in [2.75, 3.05) is 5.32 Å². The molecule has 0 saturated heterocycles. The highest BCUT2D eigenvalue weighted by atomic mass is 35.5. The van der Waals surface area contributed by atoms with Crippen LogP contribution in [-0.4, -0.2) is 11.7 Å². The van der Waals surface area contributed by atoms with E-state index in [1.807, 2.05) is 48.5 Å². The Bertz CT molecular complexity index is 1350. The summed E-state index contributed by atoms with van der Waals surface area (Å²) in [6.07, 6.45) is -0.695. The van der Waals surface area contributed by atoms with Crippen molar-refractivity contribution >= 4 is 17.3 Å². The Morgan fingerprint density at radius 2 is 1.55 bits per heavy atom. The van der Waals surface area contributed by atoms with E-state index in [9.17, 15) is 0 Å². The summed E-state index contributed by atoms with van der Waals surface area (Å²) < 4.78 is 19.7. The predicted octanol–water partition coefficient (Wildman–Crippen LogP) is 8.27. The third-order valence-electron chi connectivity index (χ3n) is 6.92. The van der Waals surface area contributed by atoms with Gasteiger partial charge in [0.2, 0.25) is 0 Å². The number of ether oxygens (including phenoxy) is 3. The van der Waals surface area contributed by atoms with Crippen molar-refractivity contribution in [3.8, 4) is 5.75 Å².